The van der Waals surface area contributed by atoms with Gasteiger partial charge in [0.15, 0.2) is 0 Å². The number of fused-ring (bicyclic) bond motifs is 1. The second kappa shape index (κ2) is 4.59. The highest BCUT2D eigenvalue weighted by Gasteiger charge is 2.31. The minimum absolute atomic E-state index is 0.250. The van der Waals surface area contributed by atoms with Crippen LogP contribution in [0.5, 0.6) is 5.75 Å². The zero-order chi connectivity index (χ0) is 12.5. The van der Waals surface area contributed by atoms with E-state index in [1.54, 1.807) is 12.1 Å². The maximum atomic E-state index is 9.46. The van der Waals surface area contributed by atoms with Crippen molar-refractivity contribution in [3.05, 3.63) is 24.0 Å². The molecular formula is C13H17N3O2. The molecule has 5 heteroatoms. The van der Waals surface area contributed by atoms with Crippen molar-refractivity contribution < 1.29 is 9.84 Å². The summed E-state index contributed by atoms with van der Waals surface area (Å²) in [5.74, 6) is 1.43. The normalized spacial score (nSPS) is 23.8. The number of aromatic nitrogens is 2. The van der Waals surface area contributed by atoms with Crippen LogP contribution in [0.4, 0.5) is 0 Å². The van der Waals surface area contributed by atoms with Crippen LogP contribution in [0.15, 0.2) is 18.2 Å². The summed E-state index contributed by atoms with van der Waals surface area (Å²) in [5.41, 5.74) is 1.75. The van der Waals surface area contributed by atoms with Crippen LogP contribution in [0.3, 0.4) is 0 Å². The van der Waals surface area contributed by atoms with E-state index in [1.807, 2.05) is 6.07 Å². The molecule has 2 heterocycles. The lowest BCUT2D eigenvalue weighted by molar-refractivity contribution is 0.187. The molecule has 0 radical (unpaired) electrons. The molecule has 2 unspecified atom stereocenters. The number of phenolic OH excluding ortho intramolecular Hbond substituents is 1. The molecule has 2 atom stereocenters. The van der Waals surface area contributed by atoms with Gasteiger partial charge in [-0.25, -0.2) is 4.98 Å². The molecule has 0 amide bonds. The lowest BCUT2D eigenvalue weighted by Gasteiger charge is -2.15. The van der Waals surface area contributed by atoms with Crippen LogP contribution in [0.2, 0.25) is 0 Å². The van der Waals surface area contributed by atoms with E-state index >= 15 is 0 Å². The van der Waals surface area contributed by atoms with Gasteiger partial charge in [-0.1, -0.05) is 6.92 Å². The average Bonchev–Trinajstić information content (AvgIpc) is 2.94. The molecule has 1 aromatic heterocycles. The van der Waals surface area contributed by atoms with E-state index in [1.165, 1.54) is 0 Å². The Labute approximate surface area is 105 Å². The van der Waals surface area contributed by atoms with Gasteiger partial charge in [-0.15, -0.1) is 0 Å². The molecule has 0 saturated carbocycles. The van der Waals surface area contributed by atoms with Crippen LogP contribution in [-0.4, -0.2) is 40.9 Å². The van der Waals surface area contributed by atoms with E-state index in [0.717, 1.165) is 30.0 Å². The van der Waals surface area contributed by atoms with Gasteiger partial charge in [0, 0.05) is 12.1 Å². The standard InChI is InChI=1S/C13H17N3O2/c1-2-14-12-7-18-6-9(12)13-15-10-4-3-8(17)5-11(10)16-13/h3-5,9,12,14,17H,2,6-7H2,1H3,(H,15,16). The van der Waals surface area contributed by atoms with Crippen molar-refractivity contribution in [1.29, 1.82) is 0 Å². The molecule has 1 aliphatic heterocycles. The zero-order valence-corrected chi connectivity index (χ0v) is 10.3. The topological polar surface area (TPSA) is 70.2 Å². The van der Waals surface area contributed by atoms with Gasteiger partial charge in [0.1, 0.15) is 11.6 Å². The first-order valence-corrected chi connectivity index (χ1v) is 6.27. The molecule has 0 bridgehead atoms. The van der Waals surface area contributed by atoms with Crippen LogP contribution >= 0.6 is 0 Å². The van der Waals surface area contributed by atoms with Gasteiger partial charge in [0.05, 0.1) is 30.2 Å². The van der Waals surface area contributed by atoms with Gasteiger partial charge in [-0.3, -0.25) is 0 Å². The van der Waals surface area contributed by atoms with Crippen molar-refractivity contribution in [2.24, 2.45) is 0 Å². The number of ether oxygens (including phenoxy) is 1. The van der Waals surface area contributed by atoms with Gasteiger partial charge < -0.3 is 20.1 Å². The Balaban J connectivity index is 1.93. The molecule has 3 N–H and O–H groups in total. The molecule has 0 spiro atoms. The number of phenols is 1. The molecule has 5 nitrogen and oxygen atoms in total. The first-order valence-electron chi connectivity index (χ1n) is 6.27. The van der Waals surface area contributed by atoms with Gasteiger partial charge in [0.2, 0.25) is 0 Å². The lowest BCUT2D eigenvalue weighted by atomic mass is 10.0. The molecule has 2 aromatic rings. The number of imidazole rings is 1. The summed E-state index contributed by atoms with van der Waals surface area (Å²) < 4.78 is 5.52. The Bertz CT molecular complexity index is 552. The Morgan fingerprint density at radius 1 is 1.50 bits per heavy atom. The number of hydrogen-bond acceptors (Lipinski definition) is 4. The van der Waals surface area contributed by atoms with E-state index in [-0.39, 0.29) is 11.7 Å². The van der Waals surface area contributed by atoms with Crippen molar-refractivity contribution in [2.45, 2.75) is 18.9 Å². The zero-order valence-electron chi connectivity index (χ0n) is 10.3. The molecule has 0 aliphatic carbocycles. The highest BCUT2D eigenvalue weighted by molar-refractivity contribution is 5.76. The maximum absolute atomic E-state index is 9.46. The van der Waals surface area contributed by atoms with Crippen molar-refractivity contribution >= 4 is 11.0 Å². The molecule has 18 heavy (non-hydrogen) atoms. The van der Waals surface area contributed by atoms with Crippen LogP contribution in [0.1, 0.15) is 18.7 Å². The second-order valence-electron chi connectivity index (χ2n) is 4.63. The smallest absolute Gasteiger partial charge is 0.117 e. The number of nitrogens with one attached hydrogen (secondary N) is 2. The monoisotopic (exact) mass is 247 g/mol. The summed E-state index contributed by atoms with van der Waals surface area (Å²) in [6, 6.07) is 5.48. The van der Waals surface area contributed by atoms with E-state index in [9.17, 15) is 5.11 Å². The van der Waals surface area contributed by atoms with Gasteiger partial charge in [-0.2, -0.15) is 0 Å². The number of benzene rings is 1. The highest BCUT2D eigenvalue weighted by Crippen LogP contribution is 2.26. The van der Waals surface area contributed by atoms with Crippen molar-refractivity contribution in [3.63, 3.8) is 0 Å². The fourth-order valence-corrected chi connectivity index (χ4v) is 2.48. The Morgan fingerprint density at radius 2 is 2.39 bits per heavy atom. The van der Waals surface area contributed by atoms with Crippen molar-refractivity contribution in [1.82, 2.24) is 15.3 Å². The summed E-state index contributed by atoms with van der Waals surface area (Å²) in [5, 5.41) is 12.9. The number of rotatable bonds is 3. The van der Waals surface area contributed by atoms with Crippen molar-refractivity contribution in [3.8, 4) is 5.75 Å². The van der Waals surface area contributed by atoms with Crippen molar-refractivity contribution in [2.75, 3.05) is 19.8 Å². The number of aromatic hydroxyl groups is 1. The molecular weight excluding hydrogens is 230 g/mol. The number of H-pyrrole nitrogens is 1. The van der Waals surface area contributed by atoms with E-state index in [4.69, 9.17) is 4.74 Å². The average molecular weight is 247 g/mol. The minimum Gasteiger partial charge on any atom is -0.508 e. The third-order valence-corrected chi connectivity index (χ3v) is 3.38. The summed E-state index contributed by atoms with van der Waals surface area (Å²) in [6.45, 7) is 4.42. The van der Waals surface area contributed by atoms with Crippen LogP contribution in [0.25, 0.3) is 11.0 Å². The fourth-order valence-electron chi connectivity index (χ4n) is 2.48. The number of aromatic amines is 1. The van der Waals surface area contributed by atoms with Gasteiger partial charge in [-0.05, 0) is 18.7 Å². The molecule has 1 saturated heterocycles. The fraction of sp³-hybridized carbons (Fsp3) is 0.462. The van der Waals surface area contributed by atoms with Crippen LogP contribution < -0.4 is 5.32 Å². The van der Waals surface area contributed by atoms with Crippen LogP contribution in [-0.2, 0) is 4.74 Å². The Morgan fingerprint density at radius 3 is 3.22 bits per heavy atom. The molecule has 1 fully saturated rings. The third-order valence-electron chi connectivity index (χ3n) is 3.38. The number of hydrogen-bond donors (Lipinski definition) is 3. The largest absolute Gasteiger partial charge is 0.508 e. The minimum atomic E-state index is 0.250. The van der Waals surface area contributed by atoms with E-state index in [0.29, 0.717) is 12.6 Å². The lowest BCUT2D eigenvalue weighted by Crippen LogP contribution is -2.34. The first kappa shape index (κ1) is 11.5. The molecule has 1 aliphatic rings. The molecule has 3 rings (SSSR count). The summed E-state index contributed by atoms with van der Waals surface area (Å²) in [7, 11) is 0. The summed E-state index contributed by atoms with van der Waals surface area (Å²) in [4.78, 5) is 7.86. The Hall–Kier alpha value is -1.59. The predicted octanol–water partition coefficient (Wildman–Crippen LogP) is 1.36. The quantitative estimate of drug-likeness (QED) is 0.766. The SMILES string of the molecule is CCNC1COCC1c1nc2ccc(O)cc2[nH]1. The second-order valence-corrected chi connectivity index (χ2v) is 4.63. The van der Waals surface area contributed by atoms with Gasteiger partial charge >= 0.3 is 0 Å². The predicted molar refractivity (Wildman–Crippen MR) is 68.8 cm³/mol. The molecule has 1 aromatic carbocycles. The number of nitrogens with zero attached hydrogens (tertiary/aromatic N) is 1. The Kier molecular flexibility index (Phi) is 2.93. The highest BCUT2D eigenvalue weighted by atomic mass is 16.5. The van der Waals surface area contributed by atoms with Crippen LogP contribution in [0, 0.1) is 0 Å². The van der Waals surface area contributed by atoms with E-state index < -0.39 is 0 Å². The molecule has 96 valence electrons. The first-order chi connectivity index (χ1) is 8.78. The summed E-state index contributed by atoms with van der Waals surface area (Å²) >= 11 is 0. The number of likely N-dealkylation sites (N-methyl/N-ethyl adjacent to an activating group) is 1. The third kappa shape index (κ3) is 1.95. The summed E-state index contributed by atoms with van der Waals surface area (Å²) in [6.07, 6.45) is 0. The van der Waals surface area contributed by atoms with E-state index in [2.05, 4.69) is 22.2 Å². The maximum Gasteiger partial charge on any atom is 0.117 e. The van der Waals surface area contributed by atoms with Gasteiger partial charge in [0.25, 0.3) is 0 Å².